The van der Waals surface area contributed by atoms with Crippen molar-refractivity contribution in [3.05, 3.63) is 60.4 Å². The molecule has 0 aliphatic carbocycles. The number of hydrogen-bond donors (Lipinski definition) is 3. The summed E-state index contributed by atoms with van der Waals surface area (Å²) in [7, 11) is 0. The van der Waals surface area contributed by atoms with Crippen molar-refractivity contribution in [2.45, 2.75) is 38.8 Å². The van der Waals surface area contributed by atoms with Gasteiger partial charge in [-0.15, -0.1) is 0 Å². The van der Waals surface area contributed by atoms with Gasteiger partial charge in [0.05, 0.1) is 17.7 Å². The first kappa shape index (κ1) is 24.0. The number of fused-ring (bicyclic) bond motifs is 1. The van der Waals surface area contributed by atoms with Crippen molar-refractivity contribution in [3.8, 4) is 11.1 Å². The fraction of sp³-hybridized carbons (Fsp3) is 0.407. The molecular weight excluding hydrogens is 432 g/mol. The number of benzene rings is 2. The van der Waals surface area contributed by atoms with Gasteiger partial charge in [-0.25, -0.2) is 4.79 Å². The smallest absolute Gasteiger partial charge is 0.333 e. The lowest BCUT2D eigenvalue weighted by Gasteiger charge is -2.47. The summed E-state index contributed by atoms with van der Waals surface area (Å²) in [5.41, 5.74) is 3.11. The first-order chi connectivity index (χ1) is 16.2. The van der Waals surface area contributed by atoms with Gasteiger partial charge in [0.1, 0.15) is 5.58 Å². The molecule has 1 aliphatic rings. The number of furan rings is 1. The van der Waals surface area contributed by atoms with Crippen molar-refractivity contribution in [1.29, 1.82) is 0 Å². The Morgan fingerprint density at radius 2 is 1.85 bits per heavy atom. The summed E-state index contributed by atoms with van der Waals surface area (Å²) in [6.07, 6.45) is 0.327. The Kier molecular flexibility index (Phi) is 6.77. The van der Waals surface area contributed by atoms with Crippen molar-refractivity contribution in [2.75, 3.05) is 19.6 Å². The van der Waals surface area contributed by atoms with E-state index in [1.807, 2.05) is 69.3 Å². The van der Waals surface area contributed by atoms with E-state index in [4.69, 9.17) is 4.42 Å². The highest BCUT2D eigenvalue weighted by molar-refractivity contribution is 5.94. The number of carbonyl (C=O) groups is 2. The quantitative estimate of drug-likeness (QED) is 0.491. The van der Waals surface area contributed by atoms with Crippen LogP contribution in [0.5, 0.6) is 0 Å². The number of aliphatic hydroxyl groups is 1. The van der Waals surface area contributed by atoms with Crippen LogP contribution in [-0.4, -0.2) is 52.7 Å². The first-order valence-electron chi connectivity index (χ1n) is 11.7. The molecule has 180 valence electrons. The number of piperazine rings is 1. The summed E-state index contributed by atoms with van der Waals surface area (Å²) in [4.78, 5) is 26.9. The van der Waals surface area contributed by atoms with E-state index in [9.17, 15) is 19.8 Å². The Balaban J connectivity index is 1.66. The average Bonchev–Trinajstić information content (AvgIpc) is 3.26. The molecule has 0 radical (unpaired) electrons. The highest BCUT2D eigenvalue weighted by atomic mass is 16.4. The van der Waals surface area contributed by atoms with Crippen molar-refractivity contribution >= 4 is 22.8 Å². The van der Waals surface area contributed by atoms with Gasteiger partial charge in [-0.1, -0.05) is 56.3 Å². The van der Waals surface area contributed by atoms with Crippen LogP contribution in [0.2, 0.25) is 0 Å². The lowest BCUT2D eigenvalue weighted by molar-refractivity contribution is -0.160. The Hall–Kier alpha value is -3.16. The fourth-order valence-corrected chi connectivity index (χ4v) is 4.93. The Morgan fingerprint density at radius 1 is 1.15 bits per heavy atom. The van der Waals surface area contributed by atoms with Crippen LogP contribution in [0.25, 0.3) is 22.1 Å². The van der Waals surface area contributed by atoms with Gasteiger partial charge in [-0.2, -0.15) is 0 Å². The molecule has 4 rings (SSSR count). The summed E-state index contributed by atoms with van der Waals surface area (Å²) in [5.74, 6) is -2.61. The second-order valence-corrected chi connectivity index (χ2v) is 9.68. The molecule has 1 saturated heterocycles. The number of nitrogens with one attached hydrogen (secondary N) is 1. The number of rotatable bonds is 7. The number of nitrogens with zero attached hydrogens (tertiary/aromatic N) is 1. The van der Waals surface area contributed by atoms with Crippen LogP contribution < -0.4 is 5.32 Å². The van der Waals surface area contributed by atoms with Crippen LogP contribution in [-0.2, 0) is 15.1 Å². The largest absolute Gasteiger partial charge is 0.479 e. The van der Waals surface area contributed by atoms with Crippen molar-refractivity contribution in [3.63, 3.8) is 0 Å². The second-order valence-electron chi connectivity index (χ2n) is 9.68. The minimum Gasteiger partial charge on any atom is -0.479 e. The van der Waals surface area contributed by atoms with Crippen molar-refractivity contribution < 1.29 is 24.2 Å². The number of carboxylic acids is 1. The molecule has 3 aromatic rings. The lowest BCUT2D eigenvalue weighted by Crippen LogP contribution is -2.61. The third-order valence-electron chi connectivity index (χ3n) is 6.82. The third kappa shape index (κ3) is 4.45. The minimum atomic E-state index is -1.73. The summed E-state index contributed by atoms with van der Waals surface area (Å²) in [6.45, 7) is 7.40. The standard InChI is InChI=1S/C27H32N2O5/c1-17(2)14-21(24(30)26(32)33)25(31)29-13-12-28-16-27(29,3)19-10-8-18(9-11-19)22-15-34-23-7-5-4-6-20(22)23/h4-11,15,17,21,24,28,30H,12-14,16H2,1-3H3,(H,32,33)/t21-,24-,27-/m0/s1. The zero-order valence-electron chi connectivity index (χ0n) is 19.8. The van der Waals surface area contributed by atoms with E-state index in [0.29, 0.717) is 26.1 Å². The number of carbonyl (C=O) groups excluding carboxylic acids is 1. The lowest BCUT2D eigenvalue weighted by atomic mass is 9.84. The molecule has 1 amide bonds. The van der Waals surface area contributed by atoms with Crippen LogP contribution in [0, 0.1) is 11.8 Å². The zero-order valence-corrected chi connectivity index (χ0v) is 19.8. The molecule has 1 fully saturated rings. The Bertz CT molecular complexity index is 1170. The fourth-order valence-electron chi connectivity index (χ4n) is 4.93. The minimum absolute atomic E-state index is 0.0705. The molecule has 34 heavy (non-hydrogen) atoms. The Morgan fingerprint density at radius 3 is 2.53 bits per heavy atom. The van der Waals surface area contributed by atoms with Gasteiger partial charge >= 0.3 is 5.97 Å². The molecule has 3 N–H and O–H groups in total. The highest BCUT2D eigenvalue weighted by Gasteiger charge is 2.44. The number of para-hydroxylation sites is 1. The number of hydrogen-bond acceptors (Lipinski definition) is 5. The van der Waals surface area contributed by atoms with E-state index in [-0.39, 0.29) is 11.8 Å². The maximum atomic E-state index is 13.6. The molecule has 2 aromatic carbocycles. The summed E-state index contributed by atoms with van der Waals surface area (Å²) >= 11 is 0. The van der Waals surface area contributed by atoms with Gasteiger partial charge in [0.25, 0.3) is 0 Å². The predicted molar refractivity (Wildman–Crippen MR) is 130 cm³/mol. The Labute approximate surface area is 199 Å². The molecule has 0 bridgehead atoms. The van der Waals surface area contributed by atoms with Gasteiger partial charge in [0.2, 0.25) is 5.91 Å². The average molecular weight is 465 g/mol. The molecule has 0 spiro atoms. The van der Waals surface area contributed by atoms with E-state index in [2.05, 4.69) is 5.32 Å². The highest BCUT2D eigenvalue weighted by Crippen LogP contribution is 2.36. The summed E-state index contributed by atoms with van der Waals surface area (Å²) < 4.78 is 5.68. The van der Waals surface area contributed by atoms with Gasteiger partial charge in [-0.05, 0) is 36.5 Å². The summed E-state index contributed by atoms with van der Waals surface area (Å²) in [5, 5.41) is 24.2. The maximum Gasteiger partial charge on any atom is 0.333 e. The molecule has 0 saturated carbocycles. The van der Waals surface area contributed by atoms with Crippen molar-refractivity contribution in [1.82, 2.24) is 10.2 Å². The van der Waals surface area contributed by atoms with Crippen molar-refractivity contribution in [2.24, 2.45) is 11.8 Å². The molecule has 0 unspecified atom stereocenters. The number of carboxylic acid groups (broad SMARTS) is 1. The van der Waals surface area contributed by atoms with E-state index >= 15 is 0 Å². The van der Waals surface area contributed by atoms with Crippen LogP contribution in [0.1, 0.15) is 32.8 Å². The van der Waals surface area contributed by atoms with Crippen LogP contribution in [0.3, 0.4) is 0 Å². The monoisotopic (exact) mass is 464 g/mol. The van der Waals surface area contributed by atoms with E-state index in [0.717, 1.165) is 27.7 Å². The number of aliphatic carboxylic acids is 1. The normalized spacial score (nSPS) is 20.4. The SMILES string of the molecule is CC(C)C[C@H](C(=O)N1CCNC[C@@]1(C)c1ccc(-c2coc3ccccc23)cc1)[C@H](O)C(=O)O. The molecule has 1 aromatic heterocycles. The third-order valence-corrected chi connectivity index (χ3v) is 6.82. The summed E-state index contributed by atoms with van der Waals surface area (Å²) in [6, 6.07) is 15.9. The van der Waals surface area contributed by atoms with E-state index in [1.165, 1.54) is 0 Å². The molecular formula is C27H32N2O5. The maximum absolute atomic E-state index is 13.6. The molecule has 7 heteroatoms. The molecule has 1 aliphatic heterocycles. The predicted octanol–water partition coefficient (Wildman–Crippen LogP) is 3.85. The zero-order chi connectivity index (χ0) is 24.5. The van der Waals surface area contributed by atoms with Gasteiger partial charge < -0.3 is 24.8 Å². The van der Waals surface area contributed by atoms with E-state index < -0.39 is 23.5 Å². The van der Waals surface area contributed by atoms with Gasteiger partial charge in [-0.3, -0.25) is 4.79 Å². The first-order valence-corrected chi connectivity index (χ1v) is 11.7. The molecule has 3 atom stereocenters. The number of amides is 1. The molecule has 7 nitrogen and oxygen atoms in total. The van der Waals surface area contributed by atoms with Crippen LogP contribution >= 0.6 is 0 Å². The molecule has 2 heterocycles. The van der Waals surface area contributed by atoms with Crippen LogP contribution in [0.15, 0.2) is 59.2 Å². The second kappa shape index (κ2) is 9.60. The van der Waals surface area contributed by atoms with E-state index in [1.54, 1.807) is 11.2 Å². The van der Waals surface area contributed by atoms with Gasteiger partial charge in [0.15, 0.2) is 6.10 Å². The van der Waals surface area contributed by atoms with Crippen LogP contribution in [0.4, 0.5) is 0 Å². The van der Waals surface area contributed by atoms with Gasteiger partial charge in [0, 0.05) is 30.6 Å². The number of aliphatic hydroxyl groups excluding tert-OH is 1. The topological polar surface area (TPSA) is 103 Å².